The zero-order chi connectivity index (χ0) is 16.4. The summed E-state index contributed by atoms with van der Waals surface area (Å²) >= 11 is 0. The molecule has 0 bridgehead atoms. The molecule has 1 N–H and O–H groups in total. The van der Waals surface area contributed by atoms with Gasteiger partial charge in [0.2, 0.25) is 0 Å². The quantitative estimate of drug-likeness (QED) is 0.785. The molecule has 4 nitrogen and oxygen atoms in total. The molecule has 2 atom stereocenters. The van der Waals surface area contributed by atoms with Crippen LogP contribution in [0.5, 0.6) is 0 Å². The lowest BCUT2D eigenvalue weighted by atomic mass is 9.94. The van der Waals surface area contributed by atoms with Crippen molar-refractivity contribution < 1.29 is 9.53 Å². The average Bonchev–Trinajstić information content (AvgIpc) is 3.05. The maximum absolute atomic E-state index is 11.8. The lowest BCUT2D eigenvalue weighted by Gasteiger charge is -2.18. The van der Waals surface area contributed by atoms with E-state index in [4.69, 9.17) is 4.74 Å². The van der Waals surface area contributed by atoms with Crippen LogP contribution < -0.4 is 5.32 Å². The number of aromatic nitrogens is 1. The highest BCUT2D eigenvalue weighted by Gasteiger charge is 2.36. The van der Waals surface area contributed by atoms with Crippen molar-refractivity contribution >= 4 is 6.09 Å². The molecule has 4 heteroatoms. The Hall–Kier alpha value is -3.14. The van der Waals surface area contributed by atoms with E-state index in [-0.39, 0.29) is 12.1 Å². The topological polar surface area (TPSA) is 51.2 Å². The van der Waals surface area contributed by atoms with E-state index in [1.165, 1.54) is 0 Å². The predicted octanol–water partition coefficient (Wildman–Crippen LogP) is 4.27. The zero-order valence-electron chi connectivity index (χ0n) is 12.9. The van der Waals surface area contributed by atoms with Gasteiger partial charge in [-0.1, -0.05) is 48.5 Å². The summed E-state index contributed by atoms with van der Waals surface area (Å²) in [6.07, 6.45) is 2.66. The van der Waals surface area contributed by atoms with Gasteiger partial charge in [-0.05, 0) is 40.5 Å². The third kappa shape index (κ3) is 2.74. The second kappa shape index (κ2) is 6.16. The minimum Gasteiger partial charge on any atom is -0.439 e. The molecule has 1 aliphatic heterocycles. The van der Waals surface area contributed by atoms with Gasteiger partial charge in [-0.3, -0.25) is 4.98 Å². The third-order valence-corrected chi connectivity index (χ3v) is 4.20. The number of hydrogen-bond acceptors (Lipinski definition) is 3. The van der Waals surface area contributed by atoms with Crippen molar-refractivity contribution in [3.8, 4) is 11.1 Å². The van der Waals surface area contributed by atoms with Crippen molar-refractivity contribution in [2.75, 3.05) is 0 Å². The van der Waals surface area contributed by atoms with Gasteiger partial charge in [-0.25, -0.2) is 4.79 Å². The van der Waals surface area contributed by atoms with E-state index in [1.807, 2.05) is 42.5 Å². The van der Waals surface area contributed by atoms with Gasteiger partial charge in [0.25, 0.3) is 0 Å². The summed E-state index contributed by atoms with van der Waals surface area (Å²) in [6.45, 7) is 0. The molecule has 2 heterocycles. The van der Waals surface area contributed by atoms with Gasteiger partial charge in [0.05, 0.1) is 6.04 Å². The van der Waals surface area contributed by atoms with Crippen molar-refractivity contribution in [2.45, 2.75) is 12.1 Å². The van der Waals surface area contributed by atoms with E-state index in [0.29, 0.717) is 0 Å². The van der Waals surface area contributed by atoms with E-state index >= 15 is 0 Å². The molecule has 24 heavy (non-hydrogen) atoms. The third-order valence-electron chi connectivity index (χ3n) is 4.20. The normalized spacial score (nSPS) is 19.6. The van der Waals surface area contributed by atoms with Crippen LogP contribution in [0.4, 0.5) is 4.79 Å². The summed E-state index contributed by atoms with van der Waals surface area (Å²) in [4.78, 5) is 15.8. The fourth-order valence-electron chi connectivity index (χ4n) is 3.03. The maximum atomic E-state index is 11.8. The van der Waals surface area contributed by atoms with E-state index in [9.17, 15) is 4.79 Å². The monoisotopic (exact) mass is 316 g/mol. The first kappa shape index (κ1) is 14.5. The molecule has 1 saturated heterocycles. The van der Waals surface area contributed by atoms with Crippen LogP contribution in [0.15, 0.2) is 79.1 Å². The molecule has 0 unspecified atom stereocenters. The Labute approximate surface area is 140 Å². The number of carbonyl (C=O) groups is 1. The number of cyclic esters (lactones) is 1. The zero-order valence-corrected chi connectivity index (χ0v) is 12.9. The van der Waals surface area contributed by atoms with Gasteiger partial charge in [0, 0.05) is 12.4 Å². The first-order valence-corrected chi connectivity index (χ1v) is 7.84. The molecule has 0 spiro atoms. The molecule has 1 aromatic heterocycles. The summed E-state index contributed by atoms with van der Waals surface area (Å²) in [5, 5.41) is 2.92. The van der Waals surface area contributed by atoms with Gasteiger partial charge >= 0.3 is 6.09 Å². The number of carbonyl (C=O) groups excluding carboxylic acids is 1. The van der Waals surface area contributed by atoms with Gasteiger partial charge in [-0.2, -0.15) is 0 Å². The first-order chi connectivity index (χ1) is 11.8. The molecule has 1 fully saturated rings. The number of alkyl carbamates (subject to hydrolysis) is 1. The maximum Gasteiger partial charge on any atom is 0.408 e. The predicted molar refractivity (Wildman–Crippen MR) is 91.2 cm³/mol. The number of rotatable bonds is 3. The molecule has 3 aromatic rings. The number of benzene rings is 2. The SMILES string of the molecule is O=C1N[C@H](c2cccc(-c3ccccc3)c2)[C@@H](c2ccncc2)O1. The van der Waals surface area contributed by atoms with Gasteiger partial charge < -0.3 is 10.1 Å². The summed E-state index contributed by atoms with van der Waals surface area (Å²) in [7, 11) is 0. The van der Waals surface area contributed by atoms with Crippen molar-refractivity contribution in [3.63, 3.8) is 0 Å². The average molecular weight is 316 g/mol. The highest BCUT2D eigenvalue weighted by molar-refractivity contribution is 5.72. The fraction of sp³-hybridized carbons (Fsp3) is 0.100. The summed E-state index contributed by atoms with van der Waals surface area (Å²) in [5.74, 6) is 0. The Kier molecular flexibility index (Phi) is 3.71. The molecule has 1 amide bonds. The van der Waals surface area contributed by atoms with Gasteiger partial charge in [-0.15, -0.1) is 0 Å². The lowest BCUT2D eigenvalue weighted by Crippen LogP contribution is -2.19. The van der Waals surface area contributed by atoms with Crippen LogP contribution in [-0.4, -0.2) is 11.1 Å². The molecule has 0 radical (unpaired) electrons. The van der Waals surface area contributed by atoms with Crippen LogP contribution in [0.25, 0.3) is 11.1 Å². The highest BCUT2D eigenvalue weighted by atomic mass is 16.6. The van der Waals surface area contributed by atoms with Crippen LogP contribution in [0.3, 0.4) is 0 Å². The Morgan fingerprint density at radius 2 is 1.58 bits per heavy atom. The Morgan fingerprint density at radius 3 is 2.38 bits per heavy atom. The Morgan fingerprint density at radius 1 is 0.833 bits per heavy atom. The minimum atomic E-state index is -0.396. The summed E-state index contributed by atoms with van der Waals surface area (Å²) in [5.41, 5.74) is 4.20. The summed E-state index contributed by atoms with van der Waals surface area (Å²) in [6, 6.07) is 21.9. The van der Waals surface area contributed by atoms with Crippen LogP contribution >= 0.6 is 0 Å². The lowest BCUT2D eigenvalue weighted by molar-refractivity contribution is 0.132. The molecule has 2 aromatic carbocycles. The van der Waals surface area contributed by atoms with Crippen LogP contribution in [0, 0.1) is 0 Å². The second-order valence-corrected chi connectivity index (χ2v) is 5.72. The number of amides is 1. The molecule has 0 aliphatic carbocycles. The van der Waals surface area contributed by atoms with Gasteiger partial charge in [0.1, 0.15) is 0 Å². The van der Waals surface area contributed by atoms with Crippen molar-refractivity contribution in [2.24, 2.45) is 0 Å². The number of nitrogens with zero attached hydrogens (tertiary/aromatic N) is 1. The van der Waals surface area contributed by atoms with E-state index in [1.54, 1.807) is 12.4 Å². The van der Waals surface area contributed by atoms with E-state index < -0.39 is 6.09 Å². The second-order valence-electron chi connectivity index (χ2n) is 5.72. The van der Waals surface area contributed by atoms with Gasteiger partial charge in [0.15, 0.2) is 6.10 Å². The highest BCUT2D eigenvalue weighted by Crippen LogP contribution is 2.37. The van der Waals surface area contributed by atoms with Crippen LogP contribution in [-0.2, 0) is 4.74 Å². The molecule has 1 aliphatic rings. The van der Waals surface area contributed by atoms with E-state index in [2.05, 4.69) is 34.6 Å². The van der Waals surface area contributed by atoms with Crippen LogP contribution in [0.1, 0.15) is 23.3 Å². The minimum absolute atomic E-state index is 0.219. The Balaban J connectivity index is 1.71. The largest absolute Gasteiger partial charge is 0.439 e. The molecule has 4 rings (SSSR count). The summed E-state index contributed by atoms with van der Waals surface area (Å²) < 4.78 is 5.48. The molecule has 0 saturated carbocycles. The first-order valence-electron chi connectivity index (χ1n) is 7.84. The smallest absolute Gasteiger partial charge is 0.408 e. The molecular formula is C20H16N2O2. The molecular weight excluding hydrogens is 300 g/mol. The standard InChI is InChI=1S/C20H16N2O2/c23-20-22-18(19(24-20)15-9-11-21-12-10-15)17-8-4-7-16(13-17)14-5-2-1-3-6-14/h1-13,18-19H,(H,22,23)/t18-,19-/m1/s1. The molecule has 118 valence electrons. The van der Waals surface area contributed by atoms with Crippen LogP contribution in [0.2, 0.25) is 0 Å². The fourth-order valence-corrected chi connectivity index (χ4v) is 3.03. The van der Waals surface area contributed by atoms with Crippen molar-refractivity contribution in [1.82, 2.24) is 10.3 Å². The Bertz CT molecular complexity index is 850. The van der Waals surface area contributed by atoms with E-state index in [0.717, 1.165) is 22.3 Å². The number of hydrogen-bond donors (Lipinski definition) is 1. The van der Waals surface area contributed by atoms with Crippen molar-refractivity contribution in [1.29, 1.82) is 0 Å². The number of nitrogens with one attached hydrogen (secondary N) is 1. The van der Waals surface area contributed by atoms with Crippen molar-refractivity contribution in [3.05, 3.63) is 90.3 Å². The number of ether oxygens (including phenoxy) is 1. The number of pyridine rings is 1.